The maximum Gasteiger partial charge on any atom is 0.229 e. The van der Waals surface area contributed by atoms with Crippen molar-refractivity contribution in [3.8, 4) is 5.75 Å². The van der Waals surface area contributed by atoms with Gasteiger partial charge in [0.15, 0.2) is 5.65 Å². The van der Waals surface area contributed by atoms with Crippen LogP contribution in [0.25, 0.3) is 11.0 Å². The van der Waals surface area contributed by atoms with Crippen molar-refractivity contribution in [1.29, 1.82) is 0 Å². The number of nitrogens with zero attached hydrogens (tertiary/aromatic N) is 5. The molecule has 1 N–H and O–H groups in total. The van der Waals surface area contributed by atoms with Gasteiger partial charge in [0.2, 0.25) is 5.95 Å². The first-order valence-electron chi connectivity index (χ1n) is 9.39. The van der Waals surface area contributed by atoms with Crippen LogP contribution in [0.3, 0.4) is 0 Å². The van der Waals surface area contributed by atoms with Gasteiger partial charge in [-0.2, -0.15) is 15.1 Å². The van der Waals surface area contributed by atoms with Gasteiger partial charge in [-0.05, 0) is 30.4 Å². The minimum atomic E-state index is 0.634. The van der Waals surface area contributed by atoms with Gasteiger partial charge < -0.3 is 15.0 Å². The molecule has 7 heteroatoms. The number of fused-ring (bicyclic) bond motifs is 1. The molecule has 0 aliphatic carbocycles. The summed E-state index contributed by atoms with van der Waals surface area (Å²) in [5.41, 5.74) is 1.75. The number of benzene rings is 1. The van der Waals surface area contributed by atoms with E-state index in [0.29, 0.717) is 11.8 Å². The molecule has 1 fully saturated rings. The minimum Gasteiger partial charge on any atom is -0.497 e. The summed E-state index contributed by atoms with van der Waals surface area (Å²) in [5, 5.41) is 8.71. The molecule has 4 rings (SSSR count). The summed E-state index contributed by atoms with van der Waals surface area (Å²) in [6.07, 6.45) is 3.06. The van der Waals surface area contributed by atoms with Crippen molar-refractivity contribution in [3.63, 3.8) is 0 Å². The average molecular weight is 366 g/mol. The summed E-state index contributed by atoms with van der Waals surface area (Å²) >= 11 is 0. The molecular weight excluding hydrogens is 340 g/mol. The molecule has 1 saturated heterocycles. The fraction of sp³-hybridized carbons (Fsp3) is 0.450. The Morgan fingerprint density at radius 2 is 1.93 bits per heavy atom. The van der Waals surface area contributed by atoms with Gasteiger partial charge in [-0.1, -0.05) is 19.9 Å². The average Bonchev–Trinajstić information content (AvgIpc) is 3.02. The first kappa shape index (κ1) is 17.6. The van der Waals surface area contributed by atoms with Crippen molar-refractivity contribution in [3.05, 3.63) is 30.5 Å². The van der Waals surface area contributed by atoms with Crippen molar-refractivity contribution in [2.45, 2.75) is 20.3 Å². The second-order valence-electron chi connectivity index (χ2n) is 7.59. The van der Waals surface area contributed by atoms with E-state index >= 15 is 0 Å². The second kappa shape index (κ2) is 7.06. The monoisotopic (exact) mass is 366 g/mol. The third-order valence-electron chi connectivity index (χ3n) is 5.06. The zero-order valence-electron chi connectivity index (χ0n) is 16.3. The van der Waals surface area contributed by atoms with Gasteiger partial charge in [0.25, 0.3) is 0 Å². The minimum absolute atomic E-state index is 0.634. The Balaban J connectivity index is 1.75. The number of rotatable bonds is 4. The molecule has 0 saturated carbocycles. The van der Waals surface area contributed by atoms with Gasteiger partial charge in [0, 0.05) is 31.9 Å². The third-order valence-corrected chi connectivity index (χ3v) is 5.06. The first-order valence-corrected chi connectivity index (χ1v) is 9.39. The molecule has 3 aromatic rings. The Labute approximate surface area is 159 Å². The van der Waals surface area contributed by atoms with Gasteiger partial charge in [-0.3, -0.25) is 4.68 Å². The number of ether oxygens (including phenoxy) is 1. The number of aryl methyl sites for hydroxylation is 1. The molecule has 1 aliphatic rings. The van der Waals surface area contributed by atoms with Crippen LogP contribution < -0.4 is 15.0 Å². The maximum absolute atomic E-state index is 5.33. The van der Waals surface area contributed by atoms with E-state index in [-0.39, 0.29) is 0 Å². The molecule has 0 radical (unpaired) electrons. The summed E-state index contributed by atoms with van der Waals surface area (Å²) in [4.78, 5) is 12.0. The number of methoxy groups -OCH3 is 1. The molecule has 1 aromatic carbocycles. The van der Waals surface area contributed by atoms with E-state index in [0.717, 1.165) is 47.3 Å². The zero-order chi connectivity index (χ0) is 19.0. The lowest BCUT2D eigenvalue weighted by Gasteiger charge is -2.35. The van der Waals surface area contributed by atoms with Crippen molar-refractivity contribution in [1.82, 2.24) is 19.7 Å². The Kier molecular flexibility index (Phi) is 4.59. The molecule has 7 nitrogen and oxygen atoms in total. The van der Waals surface area contributed by atoms with E-state index in [9.17, 15) is 0 Å². The summed E-state index contributed by atoms with van der Waals surface area (Å²) in [7, 11) is 3.58. The van der Waals surface area contributed by atoms with Gasteiger partial charge in [0.1, 0.15) is 11.6 Å². The van der Waals surface area contributed by atoms with Gasteiger partial charge >= 0.3 is 0 Å². The number of hydrogen-bond donors (Lipinski definition) is 1. The van der Waals surface area contributed by atoms with E-state index in [1.807, 2.05) is 37.5 Å². The van der Waals surface area contributed by atoms with Crippen LogP contribution >= 0.6 is 0 Å². The molecule has 2 atom stereocenters. The fourth-order valence-corrected chi connectivity index (χ4v) is 3.91. The summed E-state index contributed by atoms with van der Waals surface area (Å²) in [6.45, 7) is 6.54. The van der Waals surface area contributed by atoms with Crippen LogP contribution in [0.4, 0.5) is 17.5 Å². The van der Waals surface area contributed by atoms with Crippen molar-refractivity contribution >= 4 is 28.5 Å². The predicted octanol–water partition coefficient (Wildman–Crippen LogP) is 3.60. The SMILES string of the molecule is COc1cccc(Nc2nc(N3CC(C)CC(C)C3)nc3c2cnn3C)c1. The van der Waals surface area contributed by atoms with Crippen LogP contribution in [0, 0.1) is 11.8 Å². The van der Waals surface area contributed by atoms with Crippen molar-refractivity contribution in [2.24, 2.45) is 18.9 Å². The molecular formula is C20H26N6O. The van der Waals surface area contributed by atoms with Crippen LogP contribution in [0.2, 0.25) is 0 Å². The lowest BCUT2D eigenvalue weighted by molar-refractivity contribution is 0.354. The molecule has 3 heterocycles. The highest BCUT2D eigenvalue weighted by Crippen LogP contribution is 2.30. The van der Waals surface area contributed by atoms with E-state index in [1.165, 1.54) is 6.42 Å². The highest BCUT2D eigenvalue weighted by molar-refractivity contribution is 5.89. The fourth-order valence-electron chi connectivity index (χ4n) is 3.91. The lowest BCUT2D eigenvalue weighted by atomic mass is 9.92. The van der Waals surface area contributed by atoms with Crippen molar-refractivity contribution < 1.29 is 4.74 Å². The van der Waals surface area contributed by atoms with Crippen LogP contribution in [-0.2, 0) is 7.05 Å². The molecule has 142 valence electrons. The highest BCUT2D eigenvalue weighted by atomic mass is 16.5. The third kappa shape index (κ3) is 3.54. The van der Waals surface area contributed by atoms with Gasteiger partial charge in [0.05, 0.1) is 18.7 Å². The van der Waals surface area contributed by atoms with Crippen LogP contribution in [0.5, 0.6) is 5.75 Å². The maximum atomic E-state index is 5.33. The Morgan fingerprint density at radius 1 is 1.15 bits per heavy atom. The normalized spacial score (nSPS) is 20.1. The zero-order valence-corrected chi connectivity index (χ0v) is 16.3. The predicted molar refractivity (Wildman–Crippen MR) is 108 cm³/mol. The molecule has 1 aliphatic heterocycles. The highest BCUT2D eigenvalue weighted by Gasteiger charge is 2.25. The lowest BCUT2D eigenvalue weighted by Crippen LogP contribution is -2.39. The topological polar surface area (TPSA) is 68.1 Å². The second-order valence-corrected chi connectivity index (χ2v) is 7.59. The molecule has 27 heavy (non-hydrogen) atoms. The number of nitrogens with one attached hydrogen (secondary N) is 1. The van der Waals surface area contributed by atoms with E-state index in [4.69, 9.17) is 14.7 Å². The van der Waals surface area contributed by atoms with Gasteiger partial charge in [-0.25, -0.2) is 0 Å². The number of anilines is 3. The first-order chi connectivity index (χ1) is 13.0. The molecule has 2 unspecified atom stereocenters. The molecule has 2 aromatic heterocycles. The Bertz CT molecular complexity index is 943. The van der Waals surface area contributed by atoms with Gasteiger partial charge in [-0.15, -0.1) is 0 Å². The van der Waals surface area contributed by atoms with Crippen LogP contribution in [0.15, 0.2) is 30.5 Å². The largest absolute Gasteiger partial charge is 0.497 e. The smallest absolute Gasteiger partial charge is 0.229 e. The Hall–Kier alpha value is -2.83. The Morgan fingerprint density at radius 3 is 2.67 bits per heavy atom. The van der Waals surface area contributed by atoms with E-state index in [2.05, 4.69) is 29.2 Å². The van der Waals surface area contributed by atoms with Crippen LogP contribution in [0.1, 0.15) is 20.3 Å². The quantitative estimate of drug-likeness (QED) is 0.761. The van der Waals surface area contributed by atoms with Crippen molar-refractivity contribution in [2.75, 3.05) is 30.4 Å². The summed E-state index contributed by atoms with van der Waals surface area (Å²) in [5.74, 6) is 3.59. The standard InChI is InChI=1S/C20H26N6O/c1-13-8-14(2)12-26(11-13)20-23-18(17-10-21-25(3)19(17)24-20)22-15-6-5-7-16(9-15)27-4/h5-7,9-10,13-14H,8,11-12H2,1-4H3,(H,22,23,24). The molecule has 0 amide bonds. The molecule has 0 spiro atoms. The number of aromatic nitrogens is 4. The van der Waals surface area contributed by atoms with E-state index < -0.39 is 0 Å². The number of piperidine rings is 1. The number of hydrogen-bond acceptors (Lipinski definition) is 6. The summed E-state index contributed by atoms with van der Waals surface area (Å²) < 4.78 is 7.13. The molecule has 0 bridgehead atoms. The summed E-state index contributed by atoms with van der Waals surface area (Å²) in [6, 6.07) is 7.83. The van der Waals surface area contributed by atoms with Crippen LogP contribution in [-0.4, -0.2) is 39.9 Å². The van der Waals surface area contributed by atoms with E-state index in [1.54, 1.807) is 11.8 Å².